The lowest BCUT2D eigenvalue weighted by Gasteiger charge is -2.19. The second kappa shape index (κ2) is 6.69. The van der Waals surface area contributed by atoms with E-state index in [1.54, 1.807) is 6.20 Å². The van der Waals surface area contributed by atoms with Gasteiger partial charge in [-0.1, -0.05) is 18.5 Å². The Morgan fingerprint density at radius 1 is 1.47 bits per heavy atom. The Kier molecular flexibility index (Phi) is 5.20. The molecule has 2 rings (SSSR count). The summed E-state index contributed by atoms with van der Waals surface area (Å²) in [5.74, 6) is 5.74. The summed E-state index contributed by atoms with van der Waals surface area (Å²) in [6.45, 7) is 3.00. The van der Waals surface area contributed by atoms with Crippen LogP contribution in [0.25, 0.3) is 0 Å². The van der Waals surface area contributed by atoms with E-state index in [2.05, 4.69) is 40.0 Å². The highest BCUT2D eigenvalue weighted by Gasteiger charge is 2.19. The maximum Gasteiger partial charge on any atom is 0.0889 e. The molecule has 0 saturated carbocycles. The van der Waals surface area contributed by atoms with Gasteiger partial charge in [0.2, 0.25) is 0 Å². The van der Waals surface area contributed by atoms with Crippen molar-refractivity contribution in [1.29, 1.82) is 0 Å². The third kappa shape index (κ3) is 3.28. The van der Waals surface area contributed by atoms with Crippen LogP contribution in [-0.2, 0) is 6.54 Å². The summed E-state index contributed by atoms with van der Waals surface area (Å²) in [6.07, 6.45) is 2.82. The number of nitrogens with one attached hydrogen (secondary N) is 1. The van der Waals surface area contributed by atoms with Crippen LogP contribution in [0.5, 0.6) is 0 Å². The van der Waals surface area contributed by atoms with Crippen molar-refractivity contribution in [3.05, 3.63) is 50.3 Å². The molecular formula is C13H16ClIN4. The van der Waals surface area contributed by atoms with Crippen LogP contribution < -0.4 is 11.3 Å². The van der Waals surface area contributed by atoms with E-state index in [9.17, 15) is 0 Å². The summed E-state index contributed by atoms with van der Waals surface area (Å²) < 4.78 is 3.09. The molecule has 6 heteroatoms. The number of hydrazine groups is 1. The Hall–Kier alpha value is -0.630. The molecule has 2 aromatic rings. The predicted octanol–water partition coefficient (Wildman–Crippen LogP) is 3.10. The van der Waals surface area contributed by atoms with Crippen LogP contribution in [0.3, 0.4) is 0 Å². The van der Waals surface area contributed by atoms with Gasteiger partial charge < -0.3 is 0 Å². The molecule has 1 heterocycles. The number of nitrogens with zero attached hydrogens (tertiary/aromatic N) is 2. The van der Waals surface area contributed by atoms with Crippen molar-refractivity contribution in [2.24, 2.45) is 5.84 Å². The number of aromatic nitrogens is 2. The quantitative estimate of drug-likeness (QED) is 0.469. The number of aryl methyl sites for hydroxylation is 1. The largest absolute Gasteiger partial charge is 0.271 e. The van der Waals surface area contributed by atoms with E-state index < -0.39 is 0 Å². The third-order valence-corrected chi connectivity index (χ3v) is 4.13. The van der Waals surface area contributed by atoms with E-state index in [-0.39, 0.29) is 6.04 Å². The highest BCUT2D eigenvalue weighted by molar-refractivity contribution is 14.1. The van der Waals surface area contributed by atoms with Gasteiger partial charge in [-0.2, -0.15) is 5.10 Å². The molecule has 1 aromatic carbocycles. The number of benzene rings is 1. The molecule has 0 radical (unpaired) electrons. The minimum atomic E-state index is -0.111. The van der Waals surface area contributed by atoms with Crippen LogP contribution in [0, 0.1) is 3.57 Å². The zero-order valence-electron chi connectivity index (χ0n) is 10.6. The summed E-state index contributed by atoms with van der Waals surface area (Å²) in [4.78, 5) is 0. The van der Waals surface area contributed by atoms with Gasteiger partial charge in [-0.25, -0.2) is 5.43 Å². The predicted molar refractivity (Wildman–Crippen MR) is 85.9 cm³/mol. The molecule has 0 aliphatic carbocycles. The molecule has 0 bridgehead atoms. The van der Waals surface area contributed by atoms with E-state index in [0.29, 0.717) is 5.02 Å². The summed E-state index contributed by atoms with van der Waals surface area (Å²) in [5, 5.41) is 5.04. The molecule has 0 saturated heterocycles. The molecule has 0 amide bonds. The van der Waals surface area contributed by atoms with Gasteiger partial charge in [0.25, 0.3) is 0 Å². The van der Waals surface area contributed by atoms with Crippen LogP contribution in [0.4, 0.5) is 0 Å². The Morgan fingerprint density at radius 2 is 2.26 bits per heavy atom. The molecule has 0 fully saturated rings. The highest BCUT2D eigenvalue weighted by atomic mass is 127. The minimum Gasteiger partial charge on any atom is -0.271 e. The van der Waals surface area contributed by atoms with Crippen molar-refractivity contribution in [2.75, 3.05) is 0 Å². The lowest BCUT2D eigenvalue weighted by Crippen LogP contribution is -2.31. The van der Waals surface area contributed by atoms with Gasteiger partial charge in [0.1, 0.15) is 0 Å². The molecule has 19 heavy (non-hydrogen) atoms. The fourth-order valence-corrected chi connectivity index (χ4v) is 2.88. The van der Waals surface area contributed by atoms with Crippen molar-refractivity contribution in [3.63, 3.8) is 0 Å². The molecule has 1 atom stereocenters. The Bertz CT molecular complexity index is 555. The second-order valence-corrected chi connectivity index (χ2v) is 5.84. The normalized spacial score (nSPS) is 12.6. The topological polar surface area (TPSA) is 55.9 Å². The SMILES string of the molecule is CCCn1nccc1C(NN)c1cc(Cl)ccc1I. The fourth-order valence-electron chi connectivity index (χ4n) is 2.06. The van der Waals surface area contributed by atoms with Gasteiger partial charge in [0.15, 0.2) is 0 Å². The van der Waals surface area contributed by atoms with Gasteiger partial charge in [-0.3, -0.25) is 10.5 Å². The van der Waals surface area contributed by atoms with Crippen molar-refractivity contribution >= 4 is 34.2 Å². The Balaban J connectivity index is 2.44. The number of hydrogen-bond donors (Lipinski definition) is 2. The average Bonchev–Trinajstić information content (AvgIpc) is 2.83. The zero-order valence-corrected chi connectivity index (χ0v) is 13.5. The smallest absolute Gasteiger partial charge is 0.0889 e. The second-order valence-electron chi connectivity index (χ2n) is 4.24. The summed E-state index contributed by atoms with van der Waals surface area (Å²) in [5.41, 5.74) is 4.97. The summed E-state index contributed by atoms with van der Waals surface area (Å²) >= 11 is 8.38. The number of hydrogen-bond acceptors (Lipinski definition) is 3. The molecular weight excluding hydrogens is 375 g/mol. The van der Waals surface area contributed by atoms with Gasteiger partial charge in [0.05, 0.1) is 11.7 Å². The molecule has 0 spiro atoms. The lowest BCUT2D eigenvalue weighted by molar-refractivity contribution is 0.520. The zero-order chi connectivity index (χ0) is 13.8. The third-order valence-electron chi connectivity index (χ3n) is 2.92. The van der Waals surface area contributed by atoms with E-state index in [4.69, 9.17) is 17.4 Å². The van der Waals surface area contributed by atoms with Crippen LogP contribution in [0.1, 0.15) is 30.6 Å². The van der Waals surface area contributed by atoms with Crippen molar-refractivity contribution in [3.8, 4) is 0 Å². The molecule has 1 unspecified atom stereocenters. The first-order valence-corrected chi connectivity index (χ1v) is 7.55. The van der Waals surface area contributed by atoms with Gasteiger partial charge in [0, 0.05) is 21.3 Å². The first-order chi connectivity index (χ1) is 9.17. The highest BCUT2D eigenvalue weighted by Crippen LogP contribution is 2.28. The van der Waals surface area contributed by atoms with Crippen molar-refractivity contribution in [2.45, 2.75) is 25.9 Å². The number of halogens is 2. The van der Waals surface area contributed by atoms with E-state index >= 15 is 0 Å². The van der Waals surface area contributed by atoms with Gasteiger partial charge in [-0.15, -0.1) is 0 Å². The minimum absolute atomic E-state index is 0.111. The molecule has 4 nitrogen and oxygen atoms in total. The van der Waals surface area contributed by atoms with Crippen molar-refractivity contribution < 1.29 is 0 Å². The van der Waals surface area contributed by atoms with Crippen molar-refractivity contribution in [1.82, 2.24) is 15.2 Å². The molecule has 102 valence electrons. The molecule has 0 aliphatic heterocycles. The molecule has 3 N–H and O–H groups in total. The fraction of sp³-hybridized carbons (Fsp3) is 0.308. The van der Waals surface area contributed by atoms with Crippen LogP contribution in [0.15, 0.2) is 30.5 Å². The summed E-state index contributed by atoms with van der Waals surface area (Å²) in [7, 11) is 0. The standard InChI is InChI=1S/C13H16ClIN4/c1-2-7-19-12(5-6-17-19)13(18-16)10-8-9(14)3-4-11(10)15/h3-6,8,13,18H,2,7,16H2,1H3. The molecule has 1 aromatic heterocycles. The van der Waals surface area contributed by atoms with Gasteiger partial charge in [-0.05, 0) is 58.8 Å². The number of rotatable bonds is 5. The Labute approximate surface area is 131 Å². The van der Waals surface area contributed by atoms with E-state index in [1.165, 1.54) is 0 Å². The van der Waals surface area contributed by atoms with Crippen LogP contribution in [-0.4, -0.2) is 9.78 Å². The maximum atomic E-state index is 6.09. The first kappa shape index (κ1) is 14.8. The van der Waals surface area contributed by atoms with E-state index in [0.717, 1.165) is 27.8 Å². The molecule has 0 aliphatic rings. The van der Waals surface area contributed by atoms with Gasteiger partial charge >= 0.3 is 0 Å². The first-order valence-electron chi connectivity index (χ1n) is 6.10. The Morgan fingerprint density at radius 3 is 2.95 bits per heavy atom. The average molecular weight is 391 g/mol. The monoisotopic (exact) mass is 390 g/mol. The summed E-state index contributed by atoms with van der Waals surface area (Å²) in [6, 6.07) is 7.68. The maximum absolute atomic E-state index is 6.09. The van der Waals surface area contributed by atoms with E-state index in [1.807, 2.05) is 28.9 Å². The number of nitrogens with two attached hydrogens (primary N) is 1. The van der Waals surface area contributed by atoms with Crippen LogP contribution in [0.2, 0.25) is 5.02 Å². The van der Waals surface area contributed by atoms with Crippen LogP contribution >= 0.6 is 34.2 Å². The lowest BCUT2D eigenvalue weighted by atomic mass is 10.0.